The first-order chi connectivity index (χ1) is 13.0. The molecule has 2 aromatic carbocycles. The number of hydrogen-bond donors (Lipinski definition) is 0. The van der Waals surface area contributed by atoms with Gasteiger partial charge in [0.15, 0.2) is 0 Å². The van der Waals surface area contributed by atoms with E-state index in [2.05, 4.69) is 10.3 Å². The molecule has 0 aliphatic carbocycles. The summed E-state index contributed by atoms with van der Waals surface area (Å²) >= 11 is 0. The summed E-state index contributed by atoms with van der Waals surface area (Å²) in [5.41, 5.74) is 1.78. The maximum atomic E-state index is 13.3. The van der Waals surface area contributed by atoms with Crippen molar-refractivity contribution in [3.8, 4) is 0 Å². The molecule has 0 saturated carbocycles. The second-order valence-electron chi connectivity index (χ2n) is 7.00. The van der Waals surface area contributed by atoms with Crippen LogP contribution < -0.4 is 0 Å². The molecule has 4 rings (SSSR count). The van der Waals surface area contributed by atoms with Crippen LogP contribution in [0.15, 0.2) is 48.5 Å². The predicted octanol–water partition coefficient (Wildman–Crippen LogP) is 2.78. The van der Waals surface area contributed by atoms with Crippen LogP contribution in [0.3, 0.4) is 0 Å². The molecule has 7 nitrogen and oxygen atoms in total. The molecular formula is C20H18N4O3. The van der Waals surface area contributed by atoms with Gasteiger partial charge in [0.05, 0.1) is 16.6 Å². The van der Waals surface area contributed by atoms with Crippen LogP contribution >= 0.6 is 0 Å². The highest BCUT2D eigenvalue weighted by Gasteiger charge is 2.43. The Morgan fingerprint density at radius 1 is 0.963 bits per heavy atom. The van der Waals surface area contributed by atoms with Gasteiger partial charge in [-0.05, 0) is 36.6 Å². The van der Waals surface area contributed by atoms with E-state index in [1.807, 2.05) is 19.9 Å². The van der Waals surface area contributed by atoms with E-state index in [0.29, 0.717) is 28.6 Å². The summed E-state index contributed by atoms with van der Waals surface area (Å²) < 4.78 is 1.19. The van der Waals surface area contributed by atoms with Gasteiger partial charge >= 0.3 is 0 Å². The molecule has 1 unspecified atom stereocenters. The number of fused-ring (bicyclic) bond motifs is 2. The Hall–Kier alpha value is -3.35. The molecule has 0 radical (unpaired) electrons. The Morgan fingerprint density at radius 3 is 2.19 bits per heavy atom. The summed E-state index contributed by atoms with van der Waals surface area (Å²) in [6.07, 6.45) is 0.346. The summed E-state index contributed by atoms with van der Waals surface area (Å²) in [4.78, 5) is 40.1. The molecule has 0 saturated heterocycles. The third kappa shape index (κ3) is 2.71. The smallest absolute Gasteiger partial charge is 0.270 e. The third-order valence-electron chi connectivity index (χ3n) is 4.68. The van der Waals surface area contributed by atoms with Crippen LogP contribution in [-0.4, -0.2) is 43.7 Å². The molecular weight excluding hydrogens is 344 g/mol. The highest BCUT2D eigenvalue weighted by molar-refractivity contribution is 6.23. The van der Waals surface area contributed by atoms with Crippen LogP contribution in [0.2, 0.25) is 0 Å². The molecule has 2 amide bonds. The minimum atomic E-state index is -0.942. The first-order valence-electron chi connectivity index (χ1n) is 8.80. The number of amides is 2. The summed E-state index contributed by atoms with van der Waals surface area (Å²) in [7, 11) is 0. The first kappa shape index (κ1) is 17.1. The van der Waals surface area contributed by atoms with Crippen LogP contribution in [0.25, 0.3) is 11.0 Å². The van der Waals surface area contributed by atoms with Crippen LogP contribution in [-0.2, 0) is 0 Å². The Morgan fingerprint density at radius 2 is 1.56 bits per heavy atom. The number of carbonyl (C=O) groups excluding carboxylic acids is 3. The zero-order valence-corrected chi connectivity index (χ0v) is 15.0. The normalized spacial score (nSPS) is 14.9. The highest BCUT2D eigenvalue weighted by Crippen LogP contribution is 2.28. The van der Waals surface area contributed by atoms with E-state index in [1.165, 1.54) is 4.68 Å². The molecule has 2 heterocycles. The van der Waals surface area contributed by atoms with E-state index >= 15 is 0 Å². The van der Waals surface area contributed by atoms with Crippen molar-refractivity contribution in [1.29, 1.82) is 0 Å². The van der Waals surface area contributed by atoms with E-state index in [0.717, 1.165) is 4.90 Å². The molecule has 27 heavy (non-hydrogen) atoms. The zero-order chi connectivity index (χ0) is 19.1. The number of nitrogens with zero attached hydrogens (tertiary/aromatic N) is 4. The van der Waals surface area contributed by atoms with Crippen LogP contribution in [0.4, 0.5) is 0 Å². The van der Waals surface area contributed by atoms with E-state index in [9.17, 15) is 14.4 Å². The molecule has 136 valence electrons. The van der Waals surface area contributed by atoms with Gasteiger partial charge in [-0.2, -0.15) is 4.68 Å². The quantitative estimate of drug-likeness (QED) is 0.666. The topological polar surface area (TPSA) is 85.2 Å². The number of para-hydroxylation sites is 1. The van der Waals surface area contributed by atoms with Crippen LogP contribution in [0.5, 0.6) is 0 Å². The van der Waals surface area contributed by atoms with Crippen molar-refractivity contribution in [2.24, 2.45) is 5.92 Å². The maximum absolute atomic E-state index is 13.3. The fraction of sp³-hybridized carbons (Fsp3) is 0.250. The van der Waals surface area contributed by atoms with Crippen molar-refractivity contribution in [1.82, 2.24) is 19.9 Å². The van der Waals surface area contributed by atoms with E-state index in [1.54, 1.807) is 42.5 Å². The molecule has 1 aromatic heterocycles. The summed E-state index contributed by atoms with van der Waals surface area (Å²) in [5.74, 6) is -1.23. The highest BCUT2D eigenvalue weighted by atomic mass is 16.2. The van der Waals surface area contributed by atoms with Gasteiger partial charge in [0.2, 0.25) is 0 Å². The Labute approximate surface area is 155 Å². The molecule has 0 N–H and O–H groups in total. The first-order valence-corrected chi connectivity index (χ1v) is 8.80. The fourth-order valence-corrected chi connectivity index (χ4v) is 3.43. The van der Waals surface area contributed by atoms with Crippen molar-refractivity contribution in [2.75, 3.05) is 0 Å². The van der Waals surface area contributed by atoms with Crippen LogP contribution in [0.1, 0.15) is 45.8 Å². The molecule has 1 aliphatic rings. The zero-order valence-electron chi connectivity index (χ0n) is 15.0. The summed E-state index contributed by atoms with van der Waals surface area (Å²) in [6, 6.07) is 12.8. The second-order valence-corrected chi connectivity index (χ2v) is 7.00. The largest absolute Gasteiger partial charge is 0.272 e. The lowest BCUT2D eigenvalue weighted by Gasteiger charge is -2.26. The van der Waals surface area contributed by atoms with Gasteiger partial charge in [-0.3, -0.25) is 19.3 Å². The predicted molar refractivity (Wildman–Crippen MR) is 98.3 cm³/mol. The van der Waals surface area contributed by atoms with Crippen molar-refractivity contribution in [2.45, 2.75) is 26.3 Å². The van der Waals surface area contributed by atoms with Crippen molar-refractivity contribution < 1.29 is 14.4 Å². The molecule has 7 heteroatoms. The molecule has 3 aromatic rings. The van der Waals surface area contributed by atoms with Crippen molar-refractivity contribution in [3.05, 3.63) is 59.7 Å². The minimum absolute atomic E-state index is 0.0954. The van der Waals surface area contributed by atoms with Gasteiger partial charge in [-0.25, -0.2) is 0 Å². The van der Waals surface area contributed by atoms with Gasteiger partial charge < -0.3 is 0 Å². The number of imide groups is 1. The molecule has 1 aliphatic heterocycles. The summed E-state index contributed by atoms with van der Waals surface area (Å²) in [5, 5.41) is 7.97. The molecule has 1 atom stereocenters. The number of hydrogen-bond acceptors (Lipinski definition) is 5. The number of aromatic nitrogens is 3. The monoisotopic (exact) mass is 362 g/mol. The van der Waals surface area contributed by atoms with E-state index < -0.39 is 23.8 Å². The van der Waals surface area contributed by atoms with Gasteiger partial charge in [-0.1, -0.05) is 43.3 Å². The minimum Gasteiger partial charge on any atom is -0.270 e. The summed E-state index contributed by atoms with van der Waals surface area (Å²) in [6.45, 7) is 3.88. The van der Waals surface area contributed by atoms with Crippen LogP contribution in [0, 0.1) is 5.92 Å². The SMILES string of the molecule is CC(C)CC(C(=O)n1nnc2ccccc21)N1C(=O)c2ccccc2C1=O. The lowest BCUT2D eigenvalue weighted by molar-refractivity contribution is 0.0487. The van der Waals surface area contributed by atoms with Gasteiger partial charge in [0, 0.05) is 0 Å². The lowest BCUT2D eigenvalue weighted by Crippen LogP contribution is -2.47. The Balaban J connectivity index is 1.78. The fourth-order valence-electron chi connectivity index (χ4n) is 3.43. The molecule has 0 fully saturated rings. The Kier molecular flexibility index (Phi) is 4.07. The van der Waals surface area contributed by atoms with Gasteiger partial charge in [0.25, 0.3) is 17.7 Å². The average molecular weight is 362 g/mol. The number of rotatable bonds is 4. The third-order valence-corrected chi connectivity index (χ3v) is 4.68. The number of carbonyl (C=O) groups is 3. The molecule has 0 spiro atoms. The van der Waals surface area contributed by atoms with Gasteiger partial charge in [0.1, 0.15) is 11.6 Å². The molecule has 0 bridgehead atoms. The second kappa shape index (κ2) is 6.42. The maximum Gasteiger partial charge on any atom is 0.272 e. The van der Waals surface area contributed by atoms with Crippen molar-refractivity contribution >= 4 is 28.8 Å². The van der Waals surface area contributed by atoms with E-state index in [4.69, 9.17) is 0 Å². The Bertz CT molecular complexity index is 1030. The standard InChI is InChI=1S/C20H18N4O3/c1-12(2)11-17(20(27)24-16-10-6-5-9-15(16)21-22-24)23-18(25)13-7-3-4-8-14(13)19(23)26/h3-10,12,17H,11H2,1-2H3. The number of benzene rings is 2. The van der Waals surface area contributed by atoms with E-state index in [-0.39, 0.29) is 5.92 Å². The van der Waals surface area contributed by atoms with Crippen molar-refractivity contribution in [3.63, 3.8) is 0 Å². The average Bonchev–Trinajstić information content (AvgIpc) is 3.20. The van der Waals surface area contributed by atoms with Gasteiger partial charge in [-0.15, -0.1) is 5.10 Å². The lowest BCUT2D eigenvalue weighted by atomic mass is 10.0.